The zero-order valence-electron chi connectivity index (χ0n) is 6.83. The van der Waals surface area contributed by atoms with Crippen molar-refractivity contribution in [1.82, 2.24) is 5.32 Å². The summed E-state index contributed by atoms with van der Waals surface area (Å²) in [5.74, 6) is 2.48. The van der Waals surface area contributed by atoms with E-state index >= 15 is 0 Å². The minimum atomic E-state index is -0.110. The van der Waals surface area contributed by atoms with Crippen molar-refractivity contribution in [2.75, 3.05) is 0 Å². The van der Waals surface area contributed by atoms with Crippen molar-refractivity contribution in [3.05, 3.63) is 11.8 Å². The fraction of sp³-hybridized carbons (Fsp3) is 0.333. The molecule has 0 aliphatic carbocycles. The molecule has 0 radical (unpaired) electrons. The summed E-state index contributed by atoms with van der Waals surface area (Å²) >= 11 is 0. The van der Waals surface area contributed by atoms with Gasteiger partial charge in [-0.25, -0.2) is 0 Å². The molecular weight excluding hydrogens is 150 g/mol. The van der Waals surface area contributed by atoms with Crippen LogP contribution in [0, 0.1) is 35.0 Å². The maximum Gasteiger partial charge on any atom is 0.145 e. The molecule has 1 atom stereocenters. The smallest absolute Gasteiger partial charge is 0.145 e. The number of nitrogens with one attached hydrogen (secondary N) is 1. The van der Waals surface area contributed by atoms with E-state index in [0.29, 0.717) is 0 Å². The molecule has 0 aromatic carbocycles. The lowest BCUT2D eigenvalue weighted by molar-refractivity contribution is 0.695. The van der Waals surface area contributed by atoms with Gasteiger partial charge in [0.25, 0.3) is 0 Å². The van der Waals surface area contributed by atoms with Crippen molar-refractivity contribution >= 4 is 0 Å². The molecule has 0 aromatic rings. The van der Waals surface area contributed by atoms with Gasteiger partial charge in [0.05, 0.1) is 6.04 Å². The highest BCUT2D eigenvalue weighted by molar-refractivity contribution is 5.34. The Kier molecular flexibility index (Phi) is 4.90. The first-order valence-corrected chi connectivity index (χ1v) is 3.51. The van der Waals surface area contributed by atoms with Gasteiger partial charge < -0.3 is 5.32 Å². The van der Waals surface area contributed by atoms with E-state index in [1.165, 1.54) is 6.20 Å². The van der Waals surface area contributed by atoms with Crippen LogP contribution >= 0.6 is 0 Å². The van der Waals surface area contributed by atoms with Crippen LogP contribution in [0.3, 0.4) is 0 Å². The van der Waals surface area contributed by atoms with E-state index < -0.39 is 0 Å². The fourth-order valence-electron chi connectivity index (χ4n) is 0.557. The Morgan fingerprint density at radius 2 is 2.17 bits per heavy atom. The van der Waals surface area contributed by atoms with Crippen LogP contribution in [0.1, 0.15) is 13.3 Å². The van der Waals surface area contributed by atoms with Gasteiger partial charge in [0.1, 0.15) is 17.7 Å². The Morgan fingerprint density at radius 1 is 1.58 bits per heavy atom. The molecule has 0 rings (SSSR count). The highest BCUT2D eigenvalue weighted by Gasteiger charge is 1.97. The van der Waals surface area contributed by atoms with E-state index in [2.05, 4.69) is 11.2 Å². The van der Waals surface area contributed by atoms with E-state index in [4.69, 9.17) is 16.9 Å². The van der Waals surface area contributed by atoms with Crippen molar-refractivity contribution in [3.63, 3.8) is 0 Å². The summed E-state index contributed by atoms with van der Waals surface area (Å²) in [6.45, 7) is 1.92. The summed E-state index contributed by atoms with van der Waals surface area (Å²) in [4.78, 5) is 0. The van der Waals surface area contributed by atoms with Crippen LogP contribution in [0.4, 0.5) is 0 Å². The Bertz CT molecular complexity index is 266. The Hall–Kier alpha value is -1.92. The van der Waals surface area contributed by atoms with Gasteiger partial charge in [-0.1, -0.05) is 12.8 Å². The predicted molar refractivity (Wildman–Crippen MR) is 45.4 cm³/mol. The molecule has 0 heterocycles. The average Bonchev–Trinajstić information content (AvgIpc) is 2.13. The first-order valence-electron chi connectivity index (χ1n) is 3.51. The van der Waals surface area contributed by atoms with Gasteiger partial charge in [-0.05, 0) is 6.42 Å². The van der Waals surface area contributed by atoms with E-state index in [1.807, 2.05) is 6.92 Å². The van der Waals surface area contributed by atoms with Gasteiger partial charge in [0.2, 0.25) is 0 Å². The number of nitrogens with zero attached hydrogens (tertiary/aromatic N) is 2. The number of rotatable bonds is 3. The summed E-state index contributed by atoms with van der Waals surface area (Å²) in [6.07, 6.45) is 7.25. The topological polar surface area (TPSA) is 59.6 Å². The van der Waals surface area contributed by atoms with Crippen LogP contribution in [0.15, 0.2) is 11.8 Å². The molecule has 0 spiro atoms. The van der Waals surface area contributed by atoms with Crippen LogP contribution in [0.5, 0.6) is 0 Å². The Morgan fingerprint density at radius 3 is 2.50 bits per heavy atom. The summed E-state index contributed by atoms with van der Waals surface area (Å²) < 4.78 is 0. The highest BCUT2D eigenvalue weighted by Crippen LogP contribution is 1.91. The SMILES string of the molecule is C#CC(CC)NC=C(C#N)C#N. The van der Waals surface area contributed by atoms with Gasteiger partial charge >= 0.3 is 0 Å². The van der Waals surface area contributed by atoms with Crippen molar-refractivity contribution in [3.8, 4) is 24.5 Å². The molecule has 0 bridgehead atoms. The van der Waals surface area contributed by atoms with Gasteiger partial charge in [0.15, 0.2) is 0 Å². The maximum atomic E-state index is 8.35. The quantitative estimate of drug-likeness (QED) is 0.492. The molecule has 1 unspecified atom stereocenters. The summed E-state index contributed by atoms with van der Waals surface area (Å²) in [5.41, 5.74) is 0.0312. The first kappa shape index (κ1) is 10.1. The van der Waals surface area contributed by atoms with Crippen LogP contribution < -0.4 is 5.32 Å². The number of allylic oxidation sites excluding steroid dienone is 1. The second kappa shape index (κ2) is 5.83. The number of hydrogen-bond donors (Lipinski definition) is 1. The third-order valence-corrected chi connectivity index (χ3v) is 1.28. The molecular formula is C9H9N3. The van der Waals surface area contributed by atoms with Crippen LogP contribution in [0.2, 0.25) is 0 Å². The summed E-state index contributed by atoms with van der Waals surface area (Å²) in [7, 11) is 0. The van der Waals surface area contributed by atoms with Gasteiger partial charge in [-0.2, -0.15) is 10.5 Å². The second-order valence-corrected chi connectivity index (χ2v) is 2.08. The lowest BCUT2D eigenvalue weighted by atomic mass is 10.2. The molecule has 12 heavy (non-hydrogen) atoms. The summed E-state index contributed by atoms with van der Waals surface area (Å²) in [5, 5.41) is 19.5. The van der Waals surface area contributed by atoms with E-state index in [-0.39, 0.29) is 11.6 Å². The van der Waals surface area contributed by atoms with Crippen LogP contribution in [0.25, 0.3) is 0 Å². The third kappa shape index (κ3) is 3.30. The first-order chi connectivity index (χ1) is 5.78. The van der Waals surface area contributed by atoms with E-state index in [0.717, 1.165) is 6.42 Å². The van der Waals surface area contributed by atoms with Crippen molar-refractivity contribution < 1.29 is 0 Å². The maximum absolute atomic E-state index is 8.35. The lowest BCUT2D eigenvalue weighted by Gasteiger charge is -2.05. The monoisotopic (exact) mass is 159 g/mol. The predicted octanol–water partition coefficient (Wildman–Crippen LogP) is 0.919. The zero-order chi connectivity index (χ0) is 9.40. The minimum Gasteiger partial charge on any atom is -0.376 e. The fourth-order valence-corrected chi connectivity index (χ4v) is 0.557. The molecule has 0 saturated carbocycles. The normalized spacial score (nSPS) is 9.83. The lowest BCUT2D eigenvalue weighted by Crippen LogP contribution is -2.21. The molecule has 60 valence electrons. The molecule has 0 aromatic heterocycles. The Labute approximate surface area is 72.3 Å². The second-order valence-electron chi connectivity index (χ2n) is 2.08. The molecule has 3 heteroatoms. The van der Waals surface area contributed by atoms with Crippen molar-refractivity contribution in [2.24, 2.45) is 0 Å². The van der Waals surface area contributed by atoms with E-state index in [9.17, 15) is 0 Å². The highest BCUT2D eigenvalue weighted by atomic mass is 14.9. The number of nitriles is 2. The van der Waals surface area contributed by atoms with E-state index in [1.54, 1.807) is 12.1 Å². The number of hydrogen-bond acceptors (Lipinski definition) is 3. The van der Waals surface area contributed by atoms with Crippen LogP contribution in [-0.4, -0.2) is 6.04 Å². The molecule has 0 aliphatic heterocycles. The minimum absolute atomic E-state index is 0.0312. The number of terminal acetylenes is 1. The van der Waals surface area contributed by atoms with Gasteiger partial charge in [-0.3, -0.25) is 0 Å². The Balaban J connectivity index is 4.15. The standard InChI is InChI=1S/C9H9N3/c1-3-9(4-2)12-7-8(5-10)6-11/h1,7,9,12H,4H2,2H3. The molecule has 3 nitrogen and oxygen atoms in total. The van der Waals surface area contributed by atoms with Gasteiger partial charge in [-0.15, -0.1) is 6.42 Å². The average molecular weight is 159 g/mol. The van der Waals surface area contributed by atoms with Crippen molar-refractivity contribution in [2.45, 2.75) is 19.4 Å². The molecule has 0 amide bonds. The molecule has 1 N–H and O–H groups in total. The molecule has 0 fully saturated rings. The van der Waals surface area contributed by atoms with Crippen molar-refractivity contribution in [1.29, 1.82) is 10.5 Å². The molecule has 0 saturated heterocycles. The third-order valence-electron chi connectivity index (χ3n) is 1.28. The molecule has 0 aliphatic rings. The summed E-state index contributed by atoms with van der Waals surface area (Å²) in [6, 6.07) is 3.34. The zero-order valence-corrected chi connectivity index (χ0v) is 6.83. The largest absolute Gasteiger partial charge is 0.376 e. The van der Waals surface area contributed by atoms with Gasteiger partial charge in [0, 0.05) is 6.20 Å². The van der Waals surface area contributed by atoms with Crippen LogP contribution in [-0.2, 0) is 0 Å².